The van der Waals surface area contributed by atoms with Gasteiger partial charge in [-0.15, -0.1) is 6.58 Å². The largest absolute Gasteiger partial charge is 0.463 e. The number of hydrogen-bond donors (Lipinski definition) is 1. The zero-order valence-corrected chi connectivity index (χ0v) is 18.6. The monoisotopic (exact) mass is 470 g/mol. The summed E-state index contributed by atoms with van der Waals surface area (Å²) in [6.45, 7) is 4.48. The van der Waals surface area contributed by atoms with E-state index in [1.54, 1.807) is 60.7 Å². The Balaban J connectivity index is 1.90. The second-order valence-corrected chi connectivity index (χ2v) is 7.43. The lowest BCUT2D eigenvalue weighted by atomic mass is 9.98. The van der Waals surface area contributed by atoms with Crippen molar-refractivity contribution in [1.82, 2.24) is 0 Å². The van der Waals surface area contributed by atoms with Crippen LogP contribution in [-0.4, -0.2) is 66.9 Å². The highest BCUT2D eigenvalue weighted by Gasteiger charge is 2.51. The van der Waals surface area contributed by atoms with Crippen molar-refractivity contribution < 1.29 is 43.2 Å². The van der Waals surface area contributed by atoms with Gasteiger partial charge in [-0.1, -0.05) is 42.5 Å². The molecule has 1 heterocycles. The summed E-state index contributed by atoms with van der Waals surface area (Å²) in [6, 6.07) is 16.3. The summed E-state index contributed by atoms with van der Waals surface area (Å²) in [7, 11) is 0. The topological polar surface area (TPSA) is 118 Å². The number of ether oxygens (including phenoxy) is 5. The molecule has 0 spiro atoms. The van der Waals surface area contributed by atoms with Crippen molar-refractivity contribution in [2.75, 3.05) is 13.2 Å². The molecule has 180 valence electrons. The first-order valence-electron chi connectivity index (χ1n) is 10.6. The van der Waals surface area contributed by atoms with Gasteiger partial charge >= 0.3 is 17.9 Å². The molecule has 2 aromatic rings. The predicted octanol–water partition coefficient (Wildman–Crippen LogP) is 2.29. The Morgan fingerprint density at radius 2 is 1.47 bits per heavy atom. The van der Waals surface area contributed by atoms with Crippen LogP contribution in [0.1, 0.15) is 27.6 Å². The third kappa shape index (κ3) is 6.50. The molecule has 0 radical (unpaired) electrons. The molecule has 9 heteroatoms. The van der Waals surface area contributed by atoms with Gasteiger partial charge in [0.2, 0.25) is 0 Å². The van der Waals surface area contributed by atoms with Gasteiger partial charge < -0.3 is 28.8 Å². The van der Waals surface area contributed by atoms with Crippen LogP contribution >= 0.6 is 0 Å². The number of benzene rings is 2. The minimum atomic E-state index is -1.50. The quantitative estimate of drug-likeness (QED) is 0.335. The average Bonchev–Trinajstić information content (AvgIpc) is 2.85. The van der Waals surface area contributed by atoms with E-state index in [2.05, 4.69) is 6.58 Å². The van der Waals surface area contributed by atoms with Gasteiger partial charge in [0, 0.05) is 6.92 Å². The third-order valence-corrected chi connectivity index (χ3v) is 4.95. The van der Waals surface area contributed by atoms with E-state index in [-0.39, 0.29) is 24.3 Å². The number of rotatable bonds is 9. The Kier molecular flexibility index (Phi) is 8.92. The number of carbonyl (C=O) groups excluding carboxylic acids is 3. The summed E-state index contributed by atoms with van der Waals surface area (Å²) in [4.78, 5) is 36.9. The van der Waals surface area contributed by atoms with Crippen LogP contribution in [0, 0.1) is 0 Å². The van der Waals surface area contributed by atoms with E-state index >= 15 is 0 Å². The fourth-order valence-corrected chi connectivity index (χ4v) is 3.32. The Morgan fingerprint density at radius 1 is 0.941 bits per heavy atom. The highest BCUT2D eigenvalue weighted by molar-refractivity contribution is 5.90. The normalized spacial score (nSPS) is 24.0. The molecule has 0 amide bonds. The van der Waals surface area contributed by atoms with Gasteiger partial charge in [0.15, 0.2) is 18.5 Å². The maximum atomic E-state index is 12.8. The number of esters is 3. The van der Waals surface area contributed by atoms with Crippen LogP contribution in [0.3, 0.4) is 0 Å². The molecular weight excluding hydrogens is 444 g/mol. The second-order valence-electron chi connectivity index (χ2n) is 7.43. The van der Waals surface area contributed by atoms with Crippen LogP contribution in [0.25, 0.3) is 0 Å². The number of hydrogen-bond acceptors (Lipinski definition) is 9. The molecule has 34 heavy (non-hydrogen) atoms. The molecule has 0 aliphatic carbocycles. The Labute approximate surface area is 196 Å². The molecule has 1 N–H and O–H groups in total. The molecule has 3 rings (SSSR count). The van der Waals surface area contributed by atoms with Crippen molar-refractivity contribution >= 4 is 17.9 Å². The predicted molar refractivity (Wildman–Crippen MR) is 119 cm³/mol. The maximum Gasteiger partial charge on any atom is 0.338 e. The molecular formula is C25H26O9. The standard InChI is InChI=1S/C25H26O9/c1-3-14-30-25-22(34-24(29)18-12-8-5-9-13-18)21(20(27)19(32-25)15-31-16(2)26)33-23(28)17-10-6-4-7-11-17/h3-13,19-22,25,27H,1,14-15H2,2H3/t19-,20-,21+,22-,25-/m1/s1. The van der Waals surface area contributed by atoms with E-state index in [1.165, 1.54) is 13.0 Å². The summed E-state index contributed by atoms with van der Waals surface area (Å²) >= 11 is 0. The molecule has 2 aromatic carbocycles. The summed E-state index contributed by atoms with van der Waals surface area (Å²) in [5.41, 5.74) is 0.476. The molecule has 0 bridgehead atoms. The highest BCUT2D eigenvalue weighted by atomic mass is 16.7. The summed E-state index contributed by atoms with van der Waals surface area (Å²) in [5.74, 6) is -2.07. The van der Waals surface area contributed by atoms with Crippen molar-refractivity contribution in [2.24, 2.45) is 0 Å². The van der Waals surface area contributed by atoms with Gasteiger partial charge in [0.1, 0.15) is 18.8 Å². The molecule has 1 saturated heterocycles. The van der Waals surface area contributed by atoms with Crippen LogP contribution in [0.4, 0.5) is 0 Å². The van der Waals surface area contributed by atoms with Crippen LogP contribution in [0.5, 0.6) is 0 Å². The van der Waals surface area contributed by atoms with Crippen LogP contribution in [0.15, 0.2) is 73.3 Å². The molecule has 1 fully saturated rings. The fourth-order valence-electron chi connectivity index (χ4n) is 3.32. The van der Waals surface area contributed by atoms with E-state index in [9.17, 15) is 19.5 Å². The first-order valence-corrected chi connectivity index (χ1v) is 10.6. The third-order valence-electron chi connectivity index (χ3n) is 4.95. The van der Waals surface area contributed by atoms with Crippen molar-refractivity contribution in [2.45, 2.75) is 37.6 Å². The van der Waals surface area contributed by atoms with Crippen molar-refractivity contribution in [3.05, 3.63) is 84.4 Å². The smallest absolute Gasteiger partial charge is 0.338 e. The van der Waals surface area contributed by atoms with Crippen LogP contribution in [-0.2, 0) is 28.5 Å². The van der Waals surface area contributed by atoms with Gasteiger partial charge in [-0.05, 0) is 24.3 Å². The minimum Gasteiger partial charge on any atom is -0.463 e. The summed E-state index contributed by atoms with van der Waals surface area (Å²) in [5, 5.41) is 11.0. The van der Waals surface area contributed by atoms with Gasteiger partial charge in [-0.2, -0.15) is 0 Å². The molecule has 0 aromatic heterocycles. The lowest BCUT2D eigenvalue weighted by Gasteiger charge is -2.42. The van der Waals surface area contributed by atoms with E-state index in [0.717, 1.165) is 0 Å². The Hall–Kier alpha value is -3.53. The Bertz CT molecular complexity index is 976. The van der Waals surface area contributed by atoms with Gasteiger partial charge in [0.25, 0.3) is 0 Å². The number of aliphatic hydroxyl groups excluding tert-OH is 1. The first-order chi connectivity index (χ1) is 16.4. The van der Waals surface area contributed by atoms with Gasteiger partial charge in [0.05, 0.1) is 17.7 Å². The van der Waals surface area contributed by atoms with E-state index < -0.39 is 48.6 Å². The molecule has 0 saturated carbocycles. The highest BCUT2D eigenvalue weighted by Crippen LogP contribution is 2.29. The molecule has 0 unspecified atom stereocenters. The fraction of sp³-hybridized carbons (Fsp3) is 0.320. The van der Waals surface area contributed by atoms with Gasteiger partial charge in [-0.3, -0.25) is 4.79 Å². The molecule has 5 atom stereocenters. The molecule has 1 aliphatic rings. The SMILES string of the molecule is C=CCO[C@@H]1O[C@H](COC(C)=O)[C@@H](O)[C@H](OC(=O)c2ccccc2)[C@H]1OC(=O)c1ccccc1. The lowest BCUT2D eigenvalue weighted by molar-refractivity contribution is -0.297. The molecule has 9 nitrogen and oxygen atoms in total. The van der Waals surface area contributed by atoms with Gasteiger partial charge in [-0.25, -0.2) is 9.59 Å². The van der Waals surface area contributed by atoms with Crippen molar-refractivity contribution in [1.29, 1.82) is 0 Å². The Morgan fingerprint density at radius 3 is 1.97 bits per heavy atom. The van der Waals surface area contributed by atoms with E-state index in [0.29, 0.717) is 0 Å². The van der Waals surface area contributed by atoms with Crippen LogP contribution in [0.2, 0.25) is 0 Å². The minimum absolute atomic E-state index is 0.0137. The molecule has 1 aliphatic heterocycles. The van der Waals surface area contributed by atoms with E-state index in [1.807, 2.05) is 0 Å². The number of carbonyl (C=O) groups is 3. The van der Waals surface area contributed by atoms with Crippen molar-refractivity contribution in [3.8, 4) is 0 Å². The van der Waals surface area contributed by atoms with Crippen LogP contribution < -0.4 is 0 Å². The maximum absolute atomic E-state index is 12.8. The van der Waals surface area contributed by atoms with E-state index in [4.69, 9.17) is 23.7 Å². The summed E-state index contributed by atoms with van der Waals surface area (Å²) < 4.78 is 27.6. The first kappa shape index (κ1) is 25.1. The van der Waals surface area contributed by atoms with Crippen molar-refractivity contribution in [3.63, 3.8) is 0 Å². The average molecular weight is 470 g/mol. The number of aliphatic hydroxyl groups is 1. The zero-order valence-electron chi connectivity index (χ0n) is 18.6. The summed E-state index contributed by atoms with van der Waals surface area (Å²) in [6.07, 6.45) is -5.11. The lowest BCUT2D eigenvalue weighted by Crippen LogP contribution is -2.62. The zero-order chi connectivity index (χ0) is 24.5. The second kappa shape index (κ2) is 12.1.